The SMILES string of the molecule is O=C(O)/C=C/C(=O)Nc1ccc(OCC2CCCO2)cc1. The maximum Gasteiger partial charge on any atom is 0.328 e. The van der Waals surface area contributed by atoms with Gasteiger partial charge in [0.25, 0.3) is 0 Å². The number of ether oxygens (including phenoxy) is 2. The van der Waals surface area contributed by atoms with Gasteiger partial charge in [0.2, 0.25) is 5.91 Å². The molecule has 0 aliphatic carbocycles. The number of carboxylic acids is 1. The van der Waals surface area contributed by atoms with Crippen LogP contribution in [0.1, 0.15) is 12.8 Å². The van der Waals surface area contributed by atoms with Crippen LogP contribution in [0.25, 0.3) is 0 Å². The smallest absolute Gasteiger partial charge is 0.328 e. The van der Waals surface area contributed by atoms with Crippen LogP contribution in [-0.4, -0.2) is 36.3 Å². The highest BCUT2D eigenvalue weighted by Crippen LogP contribution is 2.18. The van der Waals surface area contributed by atoms with Gasteiger partial charge in [0.1, 0.15) is 12.4 Å². The number of carboxylic acid groups (broad SMARTS) is 1. The summed E-state index contributed by atoms with van der Waals surface area (Å²) in [4.78, 5) is 21.7. The van der Waals surface area contributed by atoms with Crippen molar-refractivity contribution in [2.24, 2.45) is 0 Å². The molecule has 6 nitrogen and oxygen atoms in total. The van der Waals surface area contributed by atoms with Gasteiger partial charge >= 0.3 is 5.97 Å². The number of nitrogens with one attached hydrogen (secondary N) is 1. The molecule has 0 spiro atoms. The predicted octanol–water partition coefficient (Wildman–Crippen LogP) is 1.82. The minimum Gasteiger partial charge on any atom is -0.491 e. The Hall–Kier alpha value is -2.34. The van der Waals surface area contributed by atoms with E-state index >= 15 is 0 Å². The lowest BCUT2D eigenvalue weighted by Crippen LogP contribution is -2.16. The first-order chi connectivity index (χ1) is 10.1. The van der Waals surface area contributed by atoms with E-state index < -0.39 is 11.9 Å². The molecule has 1 fully saturated rings. The van der Waals surface area contributed by atoms with Crippen molar-refractivity contribution in [2.75, 3.05) is 18.5 Å². The molecular weight excluding hydrogens is 274 g/mol. The Kier molecular flexibility index (Phi) is 5.34. The molecule has 1 unspecified atom stereocenters. The van der Waals surface area contributed by atoms with E-state index in [2.05, 4.69) is 5.32 Å². The molecule has 2 rings (SSSR count). The highest BCUT2D eigenvalue weighted by molar-refractivity contribution is 6.02. The van der Waals surface area contributed by atoms with E-state index in [0.717, 1.165) is 31.6 Å². The van der Waals surface area contributed by atoms with Gasteiger partial charge in [0.15, 0.2) is 0 Å². The minimum absolute atomic E-state index is 0.158. The van der Waals surface area contributed by atoms with Crippen molar-refractivity contribution in [3.8, 4) is 5.75 Å². The molecule has 1 amide bonds. The summed E-state index contributed by atoms with van der Waals surface area (Å²) < 4.78 is 11.1. The third-order valence-corrected chi connectivity index (χ3v) is 2.96. The fourth-order valence-electron chi connectivity index (χ4n) is 1.93. The van der Waals surface area contributed by atoms with Crippen LogP contribution >= 0.6 is 0 Å². The largest absolute Gasteiger partial charge is 0.491 e. The van der Waals surface area contributed by atoms with Crippen molar-refractivity contribution < 1.29 is 24.2 Å². The molecule has 112 valence electrons. The molecule has 1 heterocycles. The first-order valence-corrected chi connectivity index (χ1v) is 6.70. The van der Waals surface area contributed by atoms with Crippen LogP contribution in [0.2, 0.25) is 0 Å². The molecule has 2 N–H and O–H groups in total. The summed E-state index contributed by atoms with van der Waals surface area (Å²) in [5, 5.41) is 11.0. The van der Waals surface area contributed by atoms with Gasteiger partial charge in [0, 0.05) is 24.4 Å². The van der Waals surface area contributed by atoms with Gasteiger partial charge in [-0.15, -0.1) is 0 Å². The molecule has 1 atom stereocenters. The fourth-order valence-corrected chi connectivity index (χ4v) is 1.93. The number of carbonyl (C=O) groups excluding carboxylic acids is 1. The maximum atomic E-state index is 11.4. The Bertz CT molecular complexity index is 517. The standard InChI is InChI=1S/C15H17NO5/c17-14(7-8-15(18)19)16-11-3-5-12(6-4-11)21-10-13-2-1-9-20-13/h3-8,13H,1-2,9-10H2,(H,16,17)(H,18,19)/b8-7+. The number of carbonyl (C=O) groups is 2. The number of benzene rings is 1. The quantitative estimate of drug-likeness (QED) is 0.781. The Morgan fingerprint density at radius 3 is 2.71 bits per heavy atom. The van der Waals surface area contributed by atoms with Gasteiger partial charge in [-0.25, -0.2) is 4.79 Å². The average molecular weight is 291 g/mol. The Morgan fingerprint density at radius 2 is 2.10 bits per heavy atom. The van der Waals surface area contributed by atoms with Crippen LogP contribution in [0, 0.1) is 0 Å². The molecule has 1 saturated heterocycles. The van der Waals surface area contributed by atoms with Crippen molar-refractivity contribution >= 4 is 17.6 Å². The van der Waals surface area contributed by atoms with Crippen molar-refractivity contribution in [1.29, 1.82) is 0 Å². The average Bonchev–Trinajstić information content (AvgIpc) is 2.98. The lowest BCUT2D eigenvalue weighted by Gasteiger charge is -2.11. The summed E-state index contributed by atoms with van der Waals surface area (Å²) in [6, 6.07) is 6.87. The molecule has 1 aromatic rings. The number of aliphatic carboxylic acids is 1. The third-order valence-electron chi connectivity index (χ3n) is 2.96. The Morgan fingerprint density at radius 1 is 1.33 bits per heavy atom. The van der Waals surface area contributed by atoms with Gasteiger partial charge < -0.3 is 19.9 Å². The van der Waals surface area contributed by atoms with Gasteiger partial charge in [-0.3, -0.25) is 4.79 Å². The van der Waals surface area contributed by atoms with Crippen LogP contribution in [-0.2, 0) is 14.3 Å². The molecule has 6 heteroatoms. The molecule has 1 aliphatic heterocycles. The van der Waals surface area contributed by atoms with Gasteiger partial charge in [0.05, 0.1) is 6.10 Å². The number of anilines is 1. The number of amides is 1. The van der Waals surface area contributed by atoms with E-state index in [1.807, 2.05) is 0 Å². The van der Waals surface area contributed by atoms with Crippen LogP contribution in [0.15, 0.2) is 36.4 Å². The first-order valence-electron chi connectivity index (χ1n) is 6.70. The topological polar surface area (TPSA) is 84.9 Å². The number of hydrogen-bond acceptors (Lipinski definition) is 4. The predicted molar refractivity (Wildman–Crippen MR) is 76.3 cm³/mol. The Labute approximate surface area is 122 Å². The van der Waals surface area contributed by atoms with E-state index in [4.69, 9.17) is 14.6 Å². The van der Waals surface area contributed by atoms with Crippen molar-refractivity contribution in [3.63, 3.8) is 0 Å². The molecule has 21 heavy (non-hydrogen) atoms. The molecule has 0 aromatic heterocycles. The molecule has 1 aliphatic rings. The zero-order chi connectivity index (χ0) is 15.1. The molecule has 1 aromatic carbocycles. The van der Waals surface area contributed by atoms with E-state index in [0.29, 0.717) is 18.0 Å². The second-order valence-electron chi connectivity index (χ2n) is 4.63. The zero-order valence-corrected chi connectivity index (χ0v) is 11.5. The summed E-state index contributed by atoms with van der Waals surface area (Å²) in [5.41, 5.74) is 0.569. The van der Waals surface area contributed by atoms with Gasteiger partial charge in [-0.05, 0) is 37.1 Å². The second-order valence-corrected chi connectivity index (χ2v) is 4.63. The lowest BCUT2D eigenvalue weighted by atomic mass is 10.2. The number of rotatable bonds is 6. The monoisotopic (exact) mass is 291 g/mol. The summed E-state index contributed by atoms with van der Waals surface area (Å²) in [6.45, 7) is 1.32. The summed E-state index contributed by atoms with van der Waals surface area (Å²) >= 11 is 0. The first kappa shape index (κ1) is 15.1. The number of hydrogen-bond donors (Lipinski definition) is 2. The second kappa shape index (κ2) is 7.44. The van der Waals surface area contributed by atoms with E-state index in [1.165, 1.54) is 0 Å². The third kappa shape index (κ3) is 5.27. The van der Waals surface area contributed by atoms with Crippen molar-refractivity contribution in [1.82, 2.24) is 0 Å². The maximum absolute atomic E-state index is 11.4. The highest BCUT2D eigenvalue weighted by atomic mass is 16.5. The van der Waals surface area contributed by atoms with Crippen LogP contribution in [0.3, 0.4) is 0 Å². The molecule has 0 bridgehead atoms. The summed E-state index contributed by atoms with van der Waals surface area (Å²) in [5.74, 6) is -0.960. The van der Waals surface area contributed by atoms with E-state index in [1.54, 1.807) is 24.3 Å². The van der Waals surface area contributed by atoms with Crippen LogP contribution < -0.4 is 10.1 Å². The van der Waals surface area contributed by atoms with Gasteiger partial charge in [-0.2, -0.15) is 0 Å². The normalized spacial score (nSPS) is 17.8. The Balaban J connectivity index is 1.80. The van der Waals surface area contributed by atoms with E-state index in [-0.39, 0.29) is 6.10 Å². The molecule has 0 radical (unpaired) electrons. The van der Waals surface area contributed by atoms with E-state index in [9.17, 15) is 9.59 Å². The summed E-state index contributed by atoms with van der Waals surface area (Å²) in [6.07, 6.45) is 4.00. The molecular formula is C15H17NO5. The van der Waals surface area contributed by atoms with Crippen LogP contribution in [0.4, 0.5) is 5.69 Å². The van der Waals surface area contributed by atoms with Crippen LogP contribution in [0.5, 0.6) is 5.75 Å². The van der Waals surface area contributed by atoms with Crippen molar-refractivity contribution in [3.05, 3.63) is 36.4 Å². The van der Waals surface area contributed by atoms with Crippen molar-refractivity contribution in [2.45, 2.75) is 18.9 Å². The summed E-state index contributed by atoms with van der Waals surface area (Å²) in [7, 11) is 0. The molecule has 0 saturated carbocycles. The lowest BCUT2D eigenvalue weighted by molar-refractivity contribution is -0.131. The highest BCUT2D eigenvalue weighted by Gasteiger charge is 2.15. The minimum atomic E-state index is -1.16. The fraction of sp³-hybridized carbons (Fsp3) is 0.333. The zero-order valence-electron chi connectivity index (χ0n) is 11.5. The van der Waals surface area contributed by atoms with Gasteiger partial charge in [-0.1, -0.05) is 0 Å².